The second-order valence-corrected chi connectivity index (χ2v) is 11.6. The Bertz CT molecular complexity index is 1100. The highest BCUT2D eigenvalue weighted by Crippen LogP contribution is 2.71. The third kappa shape index (κ3) is 3.21. The summed E-state index contributed by atoms with van der Waals surface area (Å²) < 4.78 is 5.25. The first-order valence-electron chi connectivity index (χ1n) is 12.8. The largest absolute Gasteiger partial charge is 0.458 e. The number of carbonyl (C=O) groups excluding carboxylic acids is 3. The van der Waals surface area contributed by atoms with Crippen LogP contribution in [0.5, 0.6) is 0 Å². The van der Waals surface area contributed by atoms with Crippen LogP contribution >= 0.6 is 0 Å². The highest BCUT2D eigenvalue weighted by atomic mass is 16.5. The second kappa shape index (κ2) is 8.03. The van der Waals surface area contributed by atoms with Crippen molar-refractivity contribution in [3.05, 3.63) is 59.2 Å². The van der Waals surface area contributed by atoms with Crippen LogP contribution in [0.15, 0.2) is 53.6 Å². The Morgan fingerprint density at radius 1 is 1.09 bits per heavy atom. The molecule has 0 saturated heterocycles. The average Bonchev–Trinajstić information content (AvgIpc) is 3.07. The Labute approximate surface area is 202 Å². The highest BCUT2D eigenvalue weighted by Gasteiger charge is 2.66. The summed E-state index contributed by atoms with van der Waals surface area (Å²) in [5.74, 6) is 0.760. The molecule has 1 aromatic carbocycles. The summed E-state index contributed by atoms with van der Waals surface area (Å²) >= 11 is 0. The van der Waals surface area contributed by atoms with Crippen molar-refractivity contribution in [3.63, 3.8) is 0 Å². The van der Waals surface area contributed by atoms with E-state index >= 15 is 0 Å². The first-order chi connectivity index (χ1) is 16.1. The number of allylic oxidation sites excluding steroid dienone is 4. The fourth-order valence-electron chi connectivity index (χ4n) is 8.12. The molecule has 34 heavy (non-hydrogen) atoms. The summed E-state index contributed by atoms with van der Waals surface area (Å²) in [6.45, 7) is 7.97. The van der Waals surface area contributed by atoms with E-state index in [0.29, 0.717) is 18.3 Å². The third-order valence-corrected chi connectivity index (χ3v) is 10.3. The SMILES string of the molecule is CC(=O)OCC(=O)C1(C)[C@H](c2ccccc2)CC2C3CCC4=CC(=O)CC[C@]4(C)C3=CC[C@@]21C. The summed E-state index contributed by atoms with van der Waals surface area (Å²) in [6, 6.07) is 10.4. The van der Waals surface area contributed by atoms with Crippen molar-refractivity contribution in [1.29, 1.82) is 0 Å². The maximum atomic E-state index is 13.9. The minimum atomic E-state index is -0.629. The van der Waals surface area contributed by atoms with Crippen LogP contribution in [0.25, 0.3) is 0 Å². The van der Waals surface area contributed by atoms with Crippen molar-refractivity contribution >= 4 is 17.5 Å². The van der Waals surface area contributed by atoms with Crippen LogP contribution in [0.3, 0.4) is 0 Å². The molecule has 2 saturated carbocycles. The molecule has 3 unspecified atom stereocenters. The molecule has 2 fully saturated rings. The number of rotatable bonds is 4. The van der Waals surface area contributed by atoms with Gasteiger partial charge in [-0.3, -0.25) is 14.4 Å². The number of fused-ring (bicyclic) bond motifs is 5. The summed E-state index contributed by atoms with van der Waals surface area (Å²) in [4.78, 5) is 37.6. The van der Waals surface area contributed by atoms with Crippen molar-refractivity contribution in [3.8, 4) is 0 Å². The number of hydrogen-bond donors (Lipinski definition) is 0. The fourth-order valence-corrected chi connectivity index (χ4v) is 8.12. The van der Waals surface area contributed by atoms with Gasteiger partial charge in [0.25, 0.3) is 0 Å². The molecule has 4 aliphatic rings. The molecule has 4 nitrogen and oxygen atoms in total. The molecule has 0 aliphatic heterocycles. The normalized spacial score (nSPS) is 38.7. The molecule has 0 amide bonds. The summed E-state index contributed by atoms with van der Waals surface area (Å²) in [6.07, 6.45) is 9.66. The molecule has 0 heterocycles. The molecular formula is C30H36O4. The fraction of sp³-hybridized carbons (Fsp3) is 0.567. The van der Waals surface area contributed by atoms with E-state index in [2.05, 4.69) is 51.1 Å². The van der Waals surface area contributed by atoms with Gasteiger partial charge in [0.1, 0.15) is 0 Å². The lowest BCUT2D eigenvalue weighted by Crippen LogP contribution is -2.51. The Kier molecular flexibility index (Phi) is 5.50. The van der Waals surface area contributed by atoms with Gasteiger partial charge >= 0.3 is 5.97 Å². The molecule has 0 aromatic heterocycles. The van der Waals surface area contributed by atoms with Crippen LogP contribution in [0, 0.1) is 28.1 Å². The van der Waals surface area contributed by atoms with E-state index in [4.69, 9.17) is 4.74 Å². The Morgan fingerprint density at radius 2 is 1.82 bits per heavy atom. The van der Waals surface area contributed by atoms with Gasteiger partial charge in [-0.05, 0) is 66.9 Å². The van der Waals surface area contributed by atoms with E-state index in [-0.39, 0.29) is 34.9 Å². The first kappa shape index (κ1) is 23.3. The number of ketones is 2. The lowest BCUT2D eigenvalue weighted by molar-refractivity contribution is -0.152. The molecule has 4 heteroatoms. The van der Waals surface area contributed by atoms with E-state index in [9.17, 15) is 14.4 Å². The minimum absolute atomic E-state index is 0.0266. The van der Waals surface area contributed by atoms with Crippen LogP contribution in [0.4, 0.5) is 0 Å². The number of esters is 1. The van der Waals surface area contributed by atoms with Crippen molar-refractivity contribution < 1.29 is 19.1 Å². The first-order valence-corrected chi connectivity index (χ1v) is 12.8. The lowest BCUT2D eigenvalue weighted by Gasteiger charge is -2.55. The number of Topliss-reactive ketones (excluding diaryl/α,β-unsaturated/α-hetero) is 1. The zero-order chi connectivity index (χ0) is 24.3. The second-order valence-electron chi connectivity index (χ2n) is 11.6. The standard InChI is InChI=1S/C30H36O4/c1-19(31)34-18-27(33)30(4)25(20-8-6-5-7-9-20)17-26-23-11-10-21-16-22(32)12-14-28(21,2)24(23)13-15-29(26,30)3/h5-9,13,16,23,25-26H,10-12,14-15,17-18H2,1-4H3/t23?,25-,26?,28-,29-,30?/m0/s1. The Morgan fingerprint density at radius 3 is 2.53 bits per heavy atom. The van der Waals surface area contributed by atoms with Gasteiger partial charge in [0, 0.05) is 24.2 Å². The van der Waals surface area contributed by atoms with Crippen molar-refractivity contribution in [2.75, 3.05) is 6.61 Å². The van der Waals surface area contributed by atoms with Gasteiger partial charge in [-0.1, -0.05) is 68.3 Å². The third-order valence-electron chi connectivity index (χ3n) is 10.3. The van der Waals surface area contributed by atoms with Crippen LogP contribution in [0.1, 0.15) is 77.7 Å². The van der Waals surface area contributed by atoms with Gasteiger partial charge in [0.15, 0.2) is 18.2 Å². The average molecular weight is 461 g/mol. The maximum absolute atomic E-state index is 13.9. The van der Waals surface area contributed by atoms with Crippen LogP contribution in [0.2, 0.25) is 0 Å². The topological polar surface area (TPSA) is 60.4 Å². The van der Waals surface area contributed by atoms with Gasteiger partial charge < -0.3 is 4.74 Å². The zero-order valence-electron chi connectivity index (χ0n) is 20.9. The van der Waals surface area contributed by atoms with Gasteiger partial charge in [-0.15, -0.1) is 0 Å². The maximum Gasteiger partial charge on any atom is 0.303 e. The van der Waals surface area contributed by atoms with Crippen molar-refractivity contribution in [2.45, 2.75) is 72.1 Å². The van der Waals surface area contributed by atoms with Crippen molar-refractivity contribution in [1.82, 2.24) is 0 Å². The molecule has 5 rings (SSSR count). The Balaban J connectivity index is 1.58. The minimum Gasteiger partial charge on any atom is -0.458 e. The predicted octanol–water partition coefficient (Wildman–Crippen LogP) is 5.97. The lowest BCUT2D eigenvalue weighted by atomic mass is 9.48. The van der Waals surface area contributed by atoms with E-state index in [0.717, 1.165) is 32.1 Å². The molecule has 0 radical (unpaired) electrons. The highest BCUT2D eigenvalue weighted by molar-refractivity contribution is 5.92. The molecule has 0 spiro atoms. The molecular weight excluding hydrogens is 424 g/mol. The Hall–Kier alpha value is -2.49. The van der Waals surface area contributed by atoms with Gasteiger partial charge in [-0.25, -0.2) is 0 Å². The van der Waals surface area contributed by atoms with Gasteiger partial charge in [0.05, 0.1) is 0 Å². The molecule has 180 valence electrons. The van der Waals surface area contributed by atoms with E-state index < -0.39 is 11.4 Å². The number of ether oxygens (including phenoxy) is 1. The predicted molar refractivity (Wildman–Crippen MR) is 131 cm³/mol. The van der Waals surface area contributed by atoms with Gasteiger partial charge in [0.2, 0.25) is 0 Å². The summed E-state index contributed by atoms with van der Waals surface area (Å²) in [5.41, 5.74) is 3.13. The summed E-state index contributed by atoms with van der Waals surface area (Å²) in [7, 11) is 0. The summed E-state index contributed by atoms with van der Waals surface area (Å²) in [5, 5.41) is 0. The number of hydrogen-bond acceptors (Lipinski definition) is 4. The van der Waals surface area contributed by atoms with Gasteiger partial charge in [-0.2, -0.15) is 0 Å². The van der Waals surface area contributed by atoms with E-state index in [1.165, 1.54) is 23.6 Å². The monoisotopic (exact) mass is 460 g/mol. The quantitative estimate of drug-likeness (QED) is 0.410. The van der Waals surface area contributed by atoms with Crippen molar-refractivity contribution in [2.24, 2.45) is 28.1 Å². The molecule has 6 atom stereocenters. The zero-order valence-corrected chi connectivity index (χ0v) is 20.9. The molecule has 1 aromatic rings. The van der Waals surface area contributed by atoms with E-state index in [1.54, 1.807) is 0 Å². The smallest absolute Gasteiger partial charge is 0.303 e. The molecule has 0 N–H and O–H groups in total. The van der Waals surface area contributed by atoms with E-state index in [1.807, 2.05) is 12.1 Å². The number of carbonyl (C=O) groups is 3. The molecule has 0 bridgehead atoms. The number of benzene rings is 1. The van der Waals surface area contributed by atoms with Crippen LogP contribution < -0.4 is 0 Å². The van der Waals surface area contributed by atoms with Crippen LogP contribution in [-0.2, 0) is 19.1 Å². The molecule has 4 aliphatic carbocycles. The van der Waals surface area contributed by atoms with Crippen LogP contribution in [-0.4, -0.2) is 24.1 Å².